The molecule has 2 N–H and O–H groups in total. The summed E-state index contributed by atoms with van der Waals surface area (Å²) in [4.78, 5) is 35.6. The predicted octanol–water partition coefficient (Wildman–Crippen LogP) is 3.13. The fourth-order valence-electron chi connectivity index (χ4n) is 5.12. The molecule has 1 saturated heterocycles. The monoisotopic (exact) mass is 436 g/mol. The smallest absolute Gasteiger partial charge is 0.290 e. The van der Waals surface area contributed by atoms with E-state index in [0.717, 1.165) is 78.3 Å². The normalized spacial score (nSPS) is 16.4. The molecule has 1 aliphatic heterocycles. The summed E-state index contributed by atoms with van der Waals surface area (Å²) in [6.45, 7) is 5.59. The van der Waals surface area contributed by atoms with E-state index < -0.39 is 0 Å². The summed E-state index contributed by atoms with van der Waals surface area (Å²) in [7, 11) is 1.69. The molecule has 2 aromatic heterocycles. The molecule has 1 aliphatic carbocycles. The number of benzene rings is 1. The van der Waals surface area contributed by atoms with Crippen LogP contribution < -0.4 is 15.2 Å². The minimum atomic E-state index is -0.250. The molecular formula is C24H28N4O4. The average molecular weight is 437 g/mol. The van der Waals surface area contributed by atoms with Crippen LogP contribution in [-0.2, 0) is 16.6 Å². The van der Waals surface area contributed by atoms with E-state index in [1.54, 1.807) is 7.11 Å². The average Bonchev–Trinajstić information content (AvgIpc) is 3.12. The molecule has 0 amide bonds. The van der Waals surface area contributed by atoms with Gasteiger partial charge in [-0.1, -0.05) is 12.1 Å². The molecule has 0 atom stereocenters. The summed E-state index contributed by atoms with van der Waals surface area (Å²) >= 11 is 0. The molecule has 8 heteroatoms. The van der Waals surface area contributed by atoms with Gasteiger partial charge in [0.25, 0.3) is 12.0 Å². The number of methoxy groups -OCH3 is 1. The zero-order valence-corrected chi connectivity index (χ0v) is 18.6. The Hall–Kier alpha value is -3.42. The van der Waals surface area contributed by atoms with Gasteiger partial charge in [-0.3, -0.25) is 9.59 Å². The molecule has 3 heterocycles. The zero-order chi connectivity index (χ0) is 22.9. The van der Waals surface area contributed by atoms with Crippen LogP contribution in [0.25, 0.3) is 10.9 Å². The maximum atomic E-state index is 12.3. The van der Waals surface area contributed by atoms with Crippen LogP contribution in [0.2, 0.25) is 0 Å². The molecule has 0 radical (unpaired) electrons. The molecule has 32 heavy (non-hydrogen) atoms. The molecule has 5 rings (SSSR count). The third-order valence-corrected chi connectivity index (χ3v) is 6.75. The maximum absolute atomic E-state index is 12.3. The van der Waals surface area contributed by atoms with E-state index in [1.165, 1.54) is 5.56 Å². The Balaban J connectivity index is 0.000000775. The lowest BCUT2D eigenvalue weighted by atomic mass is 9.76. The topological polar surface area (TPSA) is 108 Å². The molecule has 0 bridgehead atoms. The summed E-state index contributed by atoms with van der Waals surface area (Å²) in [5.74, 6) is 2.53. The van der Waals surface area contributed by atoms with Gasteiger partial charge in [0.1, 0.15) is 22.9 Å². The number of fused-ring (bicyclic) bond motifs is 3. The Bertz CT molecular complexity index is 1210. The zero-order valence-electron chi connectivity index (χ0n) is 18.6. The lowest BCUT2D eigenvalue weighted by Crippen LogP contribution is -2.42. The highest BCUT2D eigenvalue weighted by atomic mass is 16.5. The second kappa shape index (κ2) is 8.61. The van der Waals surface area contributed by atoms with E-state index in [0.29, 0.717) is 0 Å². The first-order valence-electron chi connectivity index (χ1n) is 10.8. The summed E-state index contributed by atoms with van der Waals surface area (Å²) in [6, 6.07) is 8.24. The Labute approximate surface area is 186 Å². The number of carboxylic acid groups (broad SMARTS) is 1. The van der Waals surface area contributed by atoms with Gasteiger partial charge in [0.2, 0.25) is 0 Å². The number of para-hydroxylation sites is 1. The van der Waals surface area contributed by atoms with Crippen LogP contribution in [0.4, 0.5) is 5.82 Å². The van der Waals surface area contributed by atoms with Crippen LogP contribution in [0, 0.1) is 13.8 Å². The van der Waals surface area contributed by atoms with E-state index in [-0.39, 0.29) is 17.4 Å². The third-order valence-electron chi connectivity index (χ3n) is 6.75. The maximum Gasteiger partial charge on any atom is 0.290 e. The molecule has 0 unspecified atom stereocenters. The van der Waals surface area contributed by atoms with Gasteiger partial charge in [-0.25, -0.2) is 9.97 Å². The third kappa shape index (κ3) is 3.70. The summed E-state index contributed by atoms with van der Waals surface area (Å²) in [5.41, 5.74) is 4.15. The largest absolute Gasteiger partial charge is 0.494 e. The van der Waals surface area contributed by atoms with E-state index in [9.17, 15) is 4.79 Å². The van der Waals surface area contributed by atoms with Gasteiger partial charge in [-0.05, 0) is 57.2 Å². The van der Waals surface area contributed by atoms with Crippen molar-refractivity contribution in [2.24, 2.45) is 0 Å². The van der Waals surface area contributed by atoms with Gasteiger partial charge in [-0.15, -0.1) is 0 Å². The SMILES string of the molecule is COc1cccc2c(C)cc(N3CCC4(CCc5c4nc(C)[nH]c5=O)CC3)nc12.O=CO. The van der Waals surface area contributed by atoms with Crippen LogP contribution in [-0.4, -0.2) is 46.7 Å². The van der Waals surface area contributed by atoms with Crippen LogP contribution >= 0.6 is 0 Å². The first-order chi connectivity index (χ1) is 15.4. The Kier molecular flexibility index (Phi) is 5.86. The van der Waals surface area contributed by atoms with Crippen molar-refractivity contribution in [3.63, 3.8) is 0 Å². The number of aromatic nitrogens is 3. The molecule has 8 nitrogen and oxygen atoms in total. The van der Waals surface area contributed by atoms with E-state index >= 15 is 0 Å². The van der Waals surface area contributed by atoms with Gasteiger partial charge < -0.3 is 19.7 Å². The van der Waals surface area contributed by atoms with E-state index in [4.69, 9.17) is 24.6 Å². The fourth-order valence-corrected chi connectivity index (χ4v) is 5.12. The van der Waals surface area contributed by atoms with Crippen LogP contribution in [0.15, 0.2) is 29.1 Å². The highest BCUT2D eigenvalue weighted by Gasteiger charge is 2.44. The molecule has 2 aliphatic rings. The number of nitrogens with zero attached hydrogens (tertiary/aromatic N) is 3. The first-order valence-corrected chi connectivity index (χ1v) is 10.8. The number of hydrogen-bond acceptors (Lipinski definition) is 6. The van der Waals surface area contributed by atoms with Crippen molar-refractivity contribution in [2.45, 2.75) is 44.9 Å². The number of ether oxygens (including phenoxy) is 1. The summed E-state index contributed by atoms with van der Waals surface area (Å²) in [6.07, 6.45) is 3.86. The van der Waals surface area contributed by atoms with Gasteiger partial charge in [0.05, 0.1) is 12.8 Å². The van der Waals surface area contributed by atoms with E-state index in [2.05, 4.69) is 28.9 Å². The number of aryl methyl sites for hydroxylation is 2. The molecule has 1 fully saturated rings. The summed E-state index contributed by atoms with van der Waals surface area (Å²) in [5, 5.41) is 8.02. The van der Waals surface area contributed by atoms with Crippen LogP contribution in [0.5, 0.6) is 5.75 Å². The number of H-pyrrole nitrogens is 1. The minimum absolute atomic E-state index is 0.0361. The quantitative estimate of drug-likeness (QED) is 0.594. The minimum Gasteiger partial charge on any atom is -0.494 e. The molecule has 0 saturated carbocycles. The number of aromatic amines is 1. The Morgan fingerprint density at radius 3 is 2.59 bits per heavy atom. The Morgan fingerprint density at radius 1 is 1.19 bits per heavy atom. The van der Waals surface area contributed by atoms with Crippen LogP contribution in [0.1, 0.15) is 41.9 Å². The van der Waals surface area contributed by atoms with Crippen molar-refractivity contribution in [2.75, 3.05) is 25.1 Å². The summed E-state index contributed by atoms with van der Waals surface area (Å²) < 4.78 is 5.54. The number of anilines is 1. The lowest BCUT2D eigenvalue weighted by molar-refractivity contribution is -0.122. The van der Waals surface area contributed by atoms with Gasteiger partial charge >= 0.3 is 0 Å². The Morgan fingerprint density at radius 2 is 1.91 bits per heavy atom. The fraction of sp³-hybridized carbons (Fsp3) is 0.417. The molecule has 1 spiro atoms. The number of carbonyl (C=O) groups is 1. The molecule has 3 aromatic rings. The van der Waals surface area contributed by atoms with Crippen molar-refractivity contribution in [1.29, 1.82) is 0 Å². The number of piperidine rings is 1. The highest BCUT2D eigenvalue weighted by Crippen LogP contribution is 2.45. The molecular weight excluding hydrogens is 408 g/mol. The first kappa shape index (κ1) is 21.8. The van der Waals surface area contributed by atoms with Crippen molar-refractivity contribution in [1.82, 2.24) is 15.0 Å². The second-order valence-electron chi connectivity index (χ2n) is 8.51. The predicted molar refractivity (Wildman–Crippen MR) is 123 cm³/mol. The number of hydrogen-bond donors (Lipinski definition) is 2. The standard InChI is InChI=1S/C23H26N4O2.CH2O2/c1-14-13-19(26-20-16(14)5-4-6-18(20)29-3)27-11-9-23(10-12-27)8-7-17-21(23)24-15(2)25-22(17)28;2-1-3/h4-6,13H,7-12H2,1-3H3,(H,24,25,28);1H,(H,2,3). The lowest BCUT2D eigenvalue weighted by Gasteiger charge is -2.40. The second-order valence-corrected chi connectivity index (χ2v) is 8.51. The number of pyridine rings is 1. The van der Waals surface area contributed by atoms with Gasteiger partial charge in [0, 0.05) is 29.5 Å². The highest BCUT2D eigenvalue weighted by molar-refractivity contribution is 5.88. The van der Waals surface area contributed by atoms with Gasteiger partial charge in [0.15, 0.2) is 0 Å². The molecule has 168 valence electrons. The van der Waals surface area contributed by atoms with Crippen molar-refractivity contribution in [3.8, 4) is 5.75 Å². The van der Waals surface area contributed by atoms with Crippen molar-refractivity contribution in [3.05, 3.63) is 57.3 Å². The number of rotatable bonds is 2. The van der Waals surface area contributed by atoms with Crippen molar-refractivity contribution >= 4 is 23.2 Å². The van der Waals surface area contributed by atoms with E-state index in [1.807, 2.05) is 19.1 Å². The van der Waals surface area contributed by atoms with Crippen LogP contribution in [0.3, 0.4) is 0 Å². The molecule has 1 aromatic carbocycles. The van der Waals surface area contributed by atoms with Crippen molar-refractivity contribution < 1.29 is 14.6 Å². The number of nitrogens with one attached hydrogen (secondary N) is 1. The van der Waals surface area contributed by atoms with Gasteiger partial charge in [-0.2, -0.15) is 0 Å².